The first kappa shape index (κ1) is 21.0. The number of benzene rings is 1. The Morgan fingerprint density at radius 2 is 1.79 bits per heavy atom. The van der Waals surface area contributed by atoms with E-state index < -0.39 is 27.9 Å². The highest BCUT2D eigenvalue weighted by molar-refractivity contribution is 7.90. The quantitative estimate of drug-likeness (QED) is 0.578. The molecule has 2 aromatic rings. The fourth-order valence-electron chi connectivity index (χ4n) is 2.01. The molecule has 0 unspecified atom stereocenters. The molecule has 0 saturated carbocycles. The number of pyridine rings is 1. The van der Waals surface area contributed by atoms with Gasteiger partial charge in [-0.2, -0.15) is 0 Å². The van der Waals surface area contributed by atoms with Gasteiger partial charge in [0.15, 0.2) is 0 Å². The summed E-state index contributed by atoms with van der Waals surface area (Å²) in [5, 5.41) is 1.85. The van der Waals surface area contributed by atoms with Crippen molar-refractivity contribution in [2.45, 2.75) is 6.42 Å². The van der Waals surface area contributed by atoms with E-state index in [1.807, 2.05) is 16.1 Å². The Morgan fingerprint density at radius 1 is 1.07 bits per heavy atom. The fraction of sp³-hybridized carbons (Fsp3) is 0.176. The summed E-state index contributed by atoms with van der Waals surface area (Å²) in [5.41, 5.74) is 5.82. The summed E-state index contributed by atoms with van der Waals surface area (Å²) in [6, 6.07) is 11.4. The summed E-state index contributed by atoms with van der Waals surface area (Å²) < 4.78 is 30.8. The smallest absolute Gasteiger partial charge is 0.391 e. The second-order valence-corrected chi connectivity index (χ2v) is 7.35. The average Bonchev–Trinajstić information content (AvgIpc) is 2.67. The number of hydrogen-bond donors (Lipinski definition) is 3. The number of carbonyl (C=O) groups excluding carboxylic acids is 3. The highest BCUT2D eigenvalue weighted by Gasteiger charge is 2.17. The highest BCUT2D eigenvalue weighted by atomic mass is 32.2. The second kappa shape index (κ2) is 9.58. The van der Waals surface area contributed by atoms with E-state index in [2.05, 4.69) is 4.98 Å². The monoisotopic (exact) mass is 406 g/mol. The fourth-order valence-corrected chi connectivity index (χ4v) is 3.02. The predicted molar refractivity (Wildman–Crippen MR) is 98.9 cm³/mol. The maximum Gasteiger partial charge on any atom is 0.420 e. The lowest BCUT2D eigenvalue weighted by Gasteiger charge is -2.08. The van der Waals surface area contributed by atoms with Crippen LogP contribution in [-0.2, 0) is 21.2 Å². The van der Waals surface area contributed by atoms with E-state index in [-0.39, 0.29) is 30.2 Å². The van der Waals surface area contributed by atoms with Gasteiger partial charge in [0.1, 0.15) is 0 Å². The molecule has 0 atom stereocenters. The number of aryl methyl sites for hydroxylation is 1. The van der Waals surface area contributed by atoms with Crippen LogP contribution in [0.1, 0.15) is 15.9 Å². The van der Waals surface area contributed by atoms with Crippen LogP contribution in [0.4, 0.5) is 4.79 Å². The van der Waals surface area contributed by atoms with Crippen molar-refractivity contribution in [3.63, 3.8) is 0 Å². The largest absolute Gasteiger partial charge is 0.420 e. The van der Waals surface area contributed by atoms with Gasteiger partial charge in [-0.25, -0.2) is 22.9 Å². The van der Waals surface area contributed by atoms with Crippen LogP contribution in [0, 0.1) is 0 Å². The number of amides is 3. The van der Waals surface area contributed by atoms with Gasteiger partial charge in [-0.1, -0.05) is 30.3 Å². The number of aromatic nitrogens is 1. The van der Waals surface area contributed by atoms with E-state index in [1.54, 1.807) is 24.3 Å². The normalized spacial score (nSPS) is 10.8. The number of ether oxygens (including phenoxy) is 1. The number of rotatable bonds is 7. The summed E-state index contributed by atoms with van der Waals surface area (Å²) in [4.78, 5) is 38.1. The number of imide groups is 1. The summed E-state index contributed by atoms with van der Waals surface area (Å²) in [6.07, 6.45) is 0.212. The Bertz CT molecular complexity index is 945. The van der Waals surface area contributed by atoms with Crippen molar-refractivity contribution in [2.75, 3.05) is 12.3 Å². The molecule has 0 aliphatic rings. The second-order valence-electron chi connectivity index (χ2n) is 5.51. The molecule has 0 aliphatic carbocycles. The molecule has 0 radical (unpaired) electrons. The third kappa shape index (κ3) is 6.78. The van der Waals surface area contributed by atoms with Gasteiger partial charge in [0.05, 0.1) is 17.9 Å². The van der Waals surface area contributed by atoms with Crippen molar-refractivity contribution in [3.8, 4) is 5.88 Å². The number of nitrogens with zero attached hydrogens (tertiary/aromatic N) is 1. The summed E-state index contributed by atoms with van der Waals surface area (Å²) in [5.74, 6) is -2.05. The number of hydrogen-bond acceptors (Lipinski definition) is 8. The van der Waals surface area contributed by atoms with Crippen molar-refractivity contribution in [2.24, 2.45) is 5.73 Å². The van der Waals surface area contributed by atoms with Gasteiger partial charge in [0, 0.05) is 12.3 Å². The van der Waals surface area contributed by atoms with Gasteiger partial charge in [-0.15, -0.1) is 0 Å². The standard InChI is InChI=1S/C17H18N4O6S/c18-10-14(22)20-17(24)27-15-7-6-13(11-19-15)16(23)21-28(25,26)9-8-12-4-2-1-3-5-12/h1-7,11H,8-10,18H2,(H,21,23)(H,20,22,24). The summed E-state index contributed by atoms with van der Waals surface area (Å²) >= 11 is 0. The lowest BCUT2D eigenvalue weighted by Crippen LogP contribution is -2.37. The van der Waals surface area contributed by atoms with Crippen LogP contribution in [0.25, 0.3) is 0 Å². The van der Waals surface area contributed by atoms with E-state index in [0.717, 1.165) is 11.8 Å². The molecule has 11 heteroatoms. The molecule has 28 heavy (non-hydrogen) atoms. The minimum absolute atomic E-state index is 0.0471. The van der Waals surface area contributed by atoms with Gasteiger partial charge in [-0.05, 0) is 18.1 Å². The molecular formula is C17H18N4O6S. The van der Waals surface area contributed by atoms with E-state index >= 15 is 0 Å². The Morgan fingerprint density at radius 3 is 2.39 bits per heavy atom. The lowest BCUT2D eigenvalue weighted by atomic mass is 10.2. The van der Waals surface area contributed by atoms with Gasteiger partial charge < -0.3 is 10.5 Å². The minimum atomic E-state index is -3.84. The molecule has 0 bridgehead atoms. The van der Waals surface area contributed by atoms with Gasteiger partial charge in [-0.3, -0.25) is 14.9 Å². The predicted octanol–water partition coefficient (Wildman–Crippen LogP) is -0.0424. The van der Waals surface area contributed by atoms with Crippen LogP contribution in [-0.4, -0.2) is 43.6 Å². The van der Waals surface area contributed by atoms with Crippen LogP contribution in [0.2, 0.25) is 0 Å². The Balaban J connectivity index is 1.91. The average molecular weight is 406 g/mol. The van der Waals surface area contributed by atoms with E-state index in [9.17, 15) is 22.8 Å². The van der Waals surface area contributed by atoms with Crippen LogP contribution >= 0.6 is 0 Å². The van der Waals surface area contributed by atoms with Crippen molar-refractivity contribution in [1.82, 2.24) is 15.0 Å². The third-order valence-electron chi connectivity index (χ3n) is 3.37. The highest BCUT2D eigenvalue weighted by Crippen LogP contribution is 2.09. The SMILES string of the molecule is NCC(=O)NC(=O)Oc1ccc(C(=O)NS(=O)(=O)CCc2ccccc2)cn1. The number of carbonyl (C=O) groups is 3. The lowest BCUT2D eigenvalue weighted by molar-refractivity contribution is -0.118. The first-order valence-corrected chi connectivity index (χ1v) is 9.71. The number of nitrogens with one attached hydrogen (secondary N) is 2. The Hall–Kier alpha value is -3.31. The van der Waals surface area contributed by atoms with Crippen LogP contribution in [0.3, 0.4) is 0 Å². The molecule has 10 nitrogen and oxygen atoms in total. The molecule has 1 aromatic heterocycles. The van der Waals surface area contributed by atoms with Crippen molar-refractivity contribution in [1.29, 1.82) is 0 Å². The zero-order chi connectivity index (χ0) is 20.6. The molecule has 2 rings (SSSR count). The van der Waals surface area contributed by atoms with Gasteiger partial charge in [0.25, 0.3) is 5.91 Å². The van der Waals surface area contributed by atoms with Crippen molar-refractivity contribution >= 4 is 27.9 Å². The summed E-state index contributed by atoms with van der Waals surface area (Å²) in [7, 11) is -3.84. The first-order chi connectivity index (χ1) is 13.3. The molecule has 3 amide bonds. The molecule has 0 spiro atoms. The van der Waals surface area contributed by atoms with E-state index in [1.165, 1.54) is 12.1 Å². The van der Waals surface area contributed by atoms with Crippen LogP contribution in [0.5, 0.6) is 5.88 Å². The van der Waals surface area contributed by atoms with Crippen LogP contribution < -0.4 is 20.5 Å². The Kier molecular flexibility index (Phi) is 7.18. The van der Waals surface area contributed by atoms with Gasteiger partial charge in [0.2, 0.25) is 21.8 Å². The van der Waals surface area contributed by atoms with Crippen LogP contribution in [0.15, 0.2) is 48.7 Å². The molecule has 4 N–H and O–H groups in total. The summed E-state index contributed by atoms with van der Waals surface area (Å²) in [6.45, 7) is -0.389. The molecule has 0 fully saturated rings. The topological polar surface area (TPSA) is 158 Å². The minimum Gasteiger partial charge on any atom is -0.391 e. The molecule has 0 saturated heterocycles. The molecule has 1 heterocycles. The van der Waals surface area contributed by atoms with E-state index in [0.29, 0.717) is 0 Å². The Labute approximate surface area is 161 Å². The first-order valence-electron chi connectivity index (χ1n) is 8.05. The molecule has 1 aromatic carbocycles. The van der Waals surface area contributed by atoms with Gasteiger partial charge >= 0.3 is 6.09 Å². The maximum atomic E-state index is 12.1. The maximum absolute atomic E-state index is 12.1. The zero-order valence-corrected chi connectivity index (χ0v) is 15.4. The third-order valence-corrected chi connectivity index (χ3v) is 4.61. The molecule has 0 aliphatic heterocycles. The molecular weight excluding hydrogens is 388 g/mol. The van der Waals surface area contributed by atoms with Crippen molar-refractivity contribution < 1.29 is 27.5 Å². The van der Waals surface area contributed by atoms with Crippen molar-refractivity contribution in [3.05, 3.63) is 59.8 Å². The number of nitrogens with two attached hydrogens (primary N) is 1. The zero-order valence-electron chi connectivity index (χ0n) is 14.6. The molecule has 148 valence electrons. The number of sulfonamides is 1. The van der Waals surface area contributed by atoms with E-state index in [4.69, 9.17) is 10.5 Å².